The van der Waals surface area contributed by atoms with Gasteiger partial charge in [0.15, 0.2) is 0 Å². The van der Waals surface area contributed by atoms with Crippen LogP contribution in [0.2, 0.25) is 0 Å². The van der Waals surface area contributed by atoms with Crippen LogP contribution in [0.25, 0.3) is 11.0 Å². The maximum Gasteiger partial charge on any atom is 0.326 e. The number of benzene rings is 1. The Balaban J connectivity index is 2.06. The Kier molecular flexibility index (Phi) is 2.88. The third-order valence-corrected chi connectivity index (χ3v) is 3.88. The lowest BCUT2D eigenvalue weighted by atomic mass is 9.93. The largest absolute Gasteiger partial charge is 0.393 e. The van der Waals surface area contributed by atoms with Crippen LogP contribution in [0.5, 0.6) is 0 Å². The van der Waals surface area contributed by atoms with Crippen molar-refractivity contribution in [3.05, 3.63) is 34.2 Å². The highest BCUT2D eigenvalue weighted by atomic mass is 16.3. The minimum Gasteiger partial charge on any atom is -0.393 e. The van der Waals surface area contributed by atoms with Gasteiger partial charge in [-0.05, 0) is 43.9 Å². The summed E-state index contributed by atoms with van der Waals surface area (Å²) in [6.07, 6.45) is 2.87. The number of aliphatic hydroxyl groups excluding tert-OH is 1. The predicted octanol–water partition coefficient (Wildman–Crippen LogP) is 1.68. The molecule has 98 valence electrons. The van der Waals surface area contributed by atoms with E-state index in [1.165, 1.54) is 0 Å². The average Bonchev–Trinajstić information content (AvgIpc) is 2.74. The third kappa shape index (κ3) is 2.04. The monoisotopic (exact) mass is 257 g/mol. The van der Waals surface area contributed by atoms with Gasteiger partial charge < -0.3 is 10.1 Å². The summed E-state index contributed by atoms with van der Waals surface area (Å²) in [6, 6.07) is 7.45. The van der Waals surface area contributed by atoms with Gasteiger partial charge in [-0.15, -0.1) is 0 Å². The number of hydrogen-bond acceptors (Lipinski definition) is 3. The Labute approximate surface area is 110 Å². The van der Waals surface area contributed by atoms with Gasteiger partial charge in [0.1, 0.15) is 0 Å². The molecule has 1 aromatic carbocycles. The maximum absolute atomic E-state index is 12.1. The molecular weight excluding hydrogens is 242 g/mol. The molecule has 1 fully saturated rings. The molecule has 5 heteroatoms. The zero-order valence-electron chi connectivity index (χ0n) is 10.5. The number of nitrogens with zero attached hydrogens (tertiary/aromatic N) is 2. The molecule has 0 atom stereocenters. The number of H-pyrrole nitrogens is 1. The van der Waals surface area contributed by atoms with E-state index in [0.717, 1.165) is 31.2 Å². The molecule has 0 unspecified atom stereocenters. The normalized spacial score (nSPS) is 23.4. The molecule has 1 saturated carbocycles. The zero-order valence-corrected chi connectivity index (χ0v) is 10.5. The summed E-state index contributed by atoms with van der Waals surface area (Å²) in [5.41, 5.74) is 1.95. The molecule has 1 aliphatic carbocycles. The highest BCUT2D eigenvalue weighted by Crippen LogP contribution is 2.29. The topological polar surface area (TPSA) is 81.8 Å². The number of rotatable bonds is 1. The second-order valence-corrected chi connectivity index (χ2v) is 5.11. The molecule has 2 aromatic rings. The SMILES string of the molecule is N#Cc1ccc2c(c1)[nH]c(=O)n2[C@H]1CC[C@H](O)CC1. The number of imidazole rings is 1. The number of fused-ring (bicyclic) bond motifs is 1. The molecule has 2 N–H and O–H groups in total. The number of nitrogens with one attached hydrogen (secondary N) is 1. The molecule has 5 nitrogen and oxygen atoms in total. The standard InChI is InChI=1S/C14H15N3O2/c15-8-9-1-6-13-12(7-9)16-14(19)17(13)10-2-4-11(18)5-3-10/h1,6-7,10-11,18H,2-5H2,(H,16,19)/t10-,11-. The lowest BCUT2D eigenvalue weighted by Crippen LogP contribution is -2.27. The van der Waals surface area contributed by atoms with Gasteiger partial charge >= 0.3 is 5.69 Å². The second-order valence-electron chi connectivity index (χ2n) is 5.11. The third-order valence-electron chi connectivity index (χ3n) is 3.88. The number of aromatic amines is 1. The van der Waals surface area contributed by atoms with Crippen LogP contribution in [0, 0.1) is 11.3 Å². The van der Waals surface area contributed by atoms with Gasteiger partial charge in [0.2, 0.25) is 0 Å². The van der Waals surface area contributed by atoms with Crippen LogP contribution in [-0.4, -0.2) is 20.8 Å². The van der Waals surface area contributed by atoms with Crippen LogP contribution in [0.15, 0.2) is 23.0 Å². The summed E-state index contributed by atoms with van der Waals surface area (Å²) in [6.45, 7) is 0. The van der Waals surface area contributed by atoms with Gasteiger partial charge in [0, 0.05) is 6.04 Å². The van der Waals surface area contributed by atoms with Crippen LogP contribution >= 0.6 is 0 Å². The molecule has 0 saturated heterocycles. The Bertz CT molecular complexity index is 700. The number of aliphatic hydroxyl groups is 1. The Hall–Kier alpha value is -2.06. The lowest BCUT2D eigenvalue weighted by Gasteiger charge is -2.26. The van der Waals surface area contributed by atoms with Crippen LogP contribution < -0.4 is 5.69 Å². The summed E-state index contributed by atoms with van der Waals surface area (Å²) in [7, 11) is 0. The molecular formula is C14H15N3O2. The molecule has 0 amide bonds. The van der Waals surface area contributed by atoms with Crippen molar-refractivity contribution in [2.75, 3.05) is 0 Å². The van der Waals surface area contributed by atoms with E-state index in [2.05, 4.69) is 11.1 Å². The van der Waals surface area contributed by atoms with Crippen molar-refractivity contribution in [2.45, 2.75) is 37.8 Å². The summed E-state index contributed by atoms with van der Waals surface area (Å²) in [5, 5.41) is 18.4. The van der Waals surface area contributed by atoms with E-state index in [0.29, 0.717) is 11.1 Å². The average molecular weight is 257 g/mol. The van der Waals surface area contributed by atoms with Gasteiger partial charge in [-0.1, -0.05) is 0 Å². The van der Waals surface area contributed by atoms with Crippen molar-refractivity contribution < 1.29 is 5.11 Å². The minimum absolute atomic E-state index is 0.133. The van der Waals surface area contributed by atoms with Crippen molar-refractivity contribution in [1.29, 1.82) is 5.26 Å². The van der Waals surface area contributed by atoms with Crippen LogP contribution in [0.3, 0.4) is 0 Å². The summed E-state index contributed by atoms with van der Waals surface area (Å²) in [5.74, 6) is 0. The van der Waals surface area contributed by atoms with Crippen molar-refractivity contribution in [1.82, 2.24) is 9.55 Å². The van der Waals surface area contributed by atoms with Gasteiger partial charge in [-0.3, -0.25) is 4.57 Å². The maximum atomic E-state index is 12.1. The molecule has 0 spiro atoms. The molecule has 0 bridgehead atoms. The van der Waals surface area contributed by atoms with E-state index >= 15 is 0 Å². The number of hydrogen-bond donors (Lipinski definition) is 2. The molecule has 3 rings (SSSR count). The Morgan fingerprint density at radius 2 is 2.05 bits per heavy atom. The predicted molar refractivity (Wildman–Crippen MR) is 70.8 cm³/mol. The van der Waals surface area contributed by atoms with E-state index in [-0.39, 0.29) is 17.8 Å². The molecule has 1 heterocycles. The van der Waals surface area contributed by atoms with Gasteiger partial charge in [0.25, 0.3) is 0 Å². The molecule has 0 radical (unpaired) electrons. The smallest absolute Gasteiger partial charge is 0.326 e. The fourth-order valence-electron chi connectivity index (χ4n) is 2.88. The summed E-state index contributed by atoms with van der Waals surface area (Å²) >= 11 is 0. The van der Waals surface area contributed by atoms with Crippen molar-refractivity contribution in [3.63, 3.8) is 0 Å². The molecule has 1 aliphatic rings. The molecule has 19 heavy (non-hydrogen) atoms. The van der Waals surface area contributed by atoms with E-state index in [4.69, 9.17) is 5.26 Å². The zero-order chi connectivity index (χ0) is 13.4. The van der Waals surface area contributed by atoms with Crippen molar-refractivity contribution >= 4 is 11.0 Å². The van der Waals surface area contributed by atoms with Crippen LogP contribution in [0.1, 0.15) is 37.3 Å². The van der Waals surface area contributed by atoms with Gasteiger partial charge in [-0.25, -0.2) is 4.79 Å². The Morgan fingerprint density at radius 1 is 1.32 bits per heavy atom. The van der Waals surface area contributed by atoms with Gasteiger partial charge in [-0.2, -0.15) is 5.26 Å². The van der Waals surface area contributed by atoms with E-state index in [1.807, 2.05) is 6.07 Å². The quantitative estimate of drug-likeness (QED) is 0.815. The summed E-state index contributed by atoms with van der Waals surface area (Å²) < 4.78 is 1.77. The van der Waals surface area contributed by atoms with Crippen LogP contribution in [0.4, 0.5) is 0 Å². The highest BCUT2D eigenvalue weighted by molar-refractivity contribution is 5.77. The lowest BCUT2D eigenvalue weighted by molar-refractivity contribution is 0.111. The van der Waals surface area contributed by atoms with Crippen molar-refractivity contribution in [2.24, 2.45) is 0 Å². The van der Waals surface area contributed by atoms with E-state index in [9.17, 15) is 9.90 Å². The van der Waals surface area contributed by atoms with E-state index < -0.39 is 0 Å². The summed E-state index contributed by atoms with van der Waals surface area (Å²) in [4.78, 5) is 14.9. The first-order valence-corrected chi connectivity index (χ1v) is 6.51. The van der Waals surface area contributed by atoms with Gasteiger partial charge in [0.05, 0.1) is 28.8 Å². The highest BCUT2D eigenvalue weighted by Gasteiger charge is 2.23. The van der Waals surface area contributed by atoms with Crippen LogP contribution in [-0.2, 0) is 0 Å². The Morgan fingerprint density at radius 3 is 2.74 bits per heavy atom. The fourth-order valence-corrected chi connectivity index (χ4v) is 2.88. The number of nitriles is 1. The first-order valence-electron chi connectivity index (χ1n) is 6.51. The molecule has 0 aliphatic heterocycles. The first-order chi connectivity index (χ1) is 9.19. The first kappa shape index (κ1) is 12.0. The van der Waals surface area contributed by atoms with Crippen molar-refractivity contribution in [3.8, 4) is 6.07 Å². The second kappa shape index (κ2) is 4.56. The molecule has 1 aromatic heterocycles. The minimum atomic E-state index is -0.234. The fraction of sp³-hybridized carbons (Fsp3) is 0.429. The number of aromatic nitrogens is 2. The van der Waals surface area contributed by atoms with E-state index in [1.54, 1.807) is 16.7 Å².